The van der Waals surface area contributed by atoms with E-state index in [2.05, 4.69) is 30.4 Å². The second kappa shape index (κ2) is 9.73. The lowest BCUT2D eigenvalue weighted by molar-refractivity contribution is 0.0601. The minimum Gasteiger partial charge on any atom is -0.466 e. The largest absolute Gasteiger partial charge is 0.466 e. The molecule has 1 unspecified atom stereocenters. The highest BCUT2D eigenvalue weighted by atomic mass is 127. The molecule has 0 amide bonds. The van der Waals surface area contributed by atoms with Gasteiger partial charge >= 0.3 is 0 Å². The van der Waals surface area contributed by atoms with Crippen molar-refractivity contribution in [3.63, 3.8) is 0 Å². The molecule has 3 N–H and O–H groups in total. The fourth-order valence-corrected chi connectivity index (χ4v) is 3.49. The molecule has 1 atom stereocenters. The van der Waals surface area contributed by atoms with Crippen molar-refractivity contribution in [1.29, 1.82) is 0 Å². The van der Waals surface area contributed by atoms with Crippen LogP contribution in [0.5, 0.6) is 0 Å². The van der Waals surface area contributed by atoms with Crippen LogP contribution in [0.25, 0.3) is 0 Å². The van der Waals surface area contributed by atoms with Gasteiger partial charge in [0, 0.05) is 25.1 Å². The molecule has 0 bridgehead atoms. The van der Waals surface area contributed by atoms with Crippen molar-refractivity contribution in [2.45, 2.75) is 65.6 Å². The van der Waals surface area contributed by atoms with Gasteiger partial charge in [-0.05, 0) is 46.6 Å². The maximum absolute atomic E-state index is 10.9. The van der Waals surface area contributed by atoms with E-state index < -0.39 is 5.60 Å². The monoisotopic (exact) mass is 502 g/mol. The normalized spacial score (nSPS) is 16.1. The summed E-state index contributed by atoms with van der Waals surface area (Å²) in [5.41, 5.74) is -0.277. The summed E-state index contributed by atoms with van der Waals surface area (Å²) < 4.78 is 7.72. The minimum absolute atomic E-state index is 0. The number of halogens is 1. The van der Waals surface area contributed by atoms with Crippen molar-refractivity contribution in [2.75, 3.05) is 13.1 Å². The maximum atomic E-state index is 10.9. The van der Waals surface area contributed by atoms with Gasteiger partial charge in [0.1, 0.15) is 29.5 Å². The Morgan fingerprint density at radius 1 is 1.32 bits per heavy atom. The molecule has 0 aromatic carbocycles. The van der Waals surface area contributed by atoms with Crippen molar-refractivity contribution >= 4 is 29.9 Å². The molecule has 0 fully saturated rings. The van der Waals surface area contributed by atoms with Gasteiger partial charge in [-0.3, -0.25) is 0 Å². The first-order valence-corrected chi connectivity index (χ1v) is 9.63. The Kier molecular flexibility index (Phi) is 7.87. The number of nitrogens with zero attached hydrogens (tertiary/aromatic N) is 4. The molecule has 0 radical (unpaired) electrons. The fourth-order valence-electron chi connectivity index (χ4n) is 3.49. The highest BCUT2D eigenvalue weighted by Gasteiger charge is 2.28. The van der Waals surface area contributed by atoms with Crippen LogP contribution in [-0.2, 0) is 25.1 Å². The van der Waals surface area contributed by atoms with Crippen molar-refractivity contribution < 1.29 is 9.52 Å². The lowest BCUT2D eigenvalue weighted by atomic mass is 9.96. The maximum Gasteiger partial charge on any atom is 0.191 e. The third kappa shape index (κ3) is 5.25. The summed E-state index contributed by atoms with van der Waals surface area (Å²) in [7, 11) is 0. The average molecular weight is 502 g/mol. The van der Waals surface area contributed by atoms with Crippen LogP contribution in [0, 0.1) is 13.8 Å². The molecular weight excluding hydrogens is 471 g/mol. The van der Waals surface area contributed by atoms with E-state index in [4.69, 9.17) is 4.42 Å². The molecule has 1 aliphatic heterocycles. The summed E-state index contributed by atoms with van der Waals surface area (Å²) in [6, 6.07) is 1.88. The summed E-state index contributed by atoms with van der Waals surface area (Å²) in [6.45, 7) is 9.99. The molecular formula is C19H31IN6O2. The number of aliphatic hydroxyl groups is 1. The minimum atomic E-state index is -1.06. The first-order chi connectivity index (χ1) is 12.9. The lowest BCUT2D eigenvalue weighted by Gasteiger charge is -2.24. The Hall–Kier alpha value is -1.62. The molecule has 3 rings (SSSR count). The van der Waals surface area contributed by atoms with E-state index in [0.29, 0.717) is 19.0 Å². The van der Waals surface area contributed by atoms with Gasteiger partial charge < -0.3 is 24.7 Å². The van der Waals surface area contributed by atoms with Crippen LogP contribution < -0.4 is 10.6 Å². The van der Waals surface area contributed by atoms with Gasteiger partial charge in [-0.1, -0.05) is 0 Å². The number of aromatic nitrogens is 3. The first kappa shape index (κ1) is 22.7. The molecule has 9 heteroatoms. The number of rotatable bonds is 6. The standard InChI is InChI=1S/C19H30N6O2.HI/c1-5-20-18(21-11-17-24-23-16-8-6-7-9-25(16)17)22-12-19(4,26)15-10-13(2)27-14(15)3;/h10,26H,5-9,11-12H2,1-4H3,(H2,20,21,22);1H. The van der Waals surface area contributed by atoms with Gasteiger partial charge in [0.15, 0.2) is 11.8 Å². The number of hydrogen-bond donors (Lipinski definition) is 3. The second-order valence-electron chi connectivity index (χ2n) is 7.29. The Bertz CT molecular complexity index is 811. The van der Waals surface area contributed by atoms with Gasteiger partial charge in [-0.2, -0.15) is 0 Å². The molecule has 156 valence electrons. The number of aliphatic imine (C=N–C) groups is 1. The van der Waals surface area contributed by atoms with E-state index in [1.807, 2.05) is 26.8 Å². The molecule has 8 nitrogen and oxygen atoms in total. The highest BCUT2D eigenvalue weighted by Crippen LogP contribution is 2.26. The highest BCUT2D eigenvalue weighted by molar-refractivity contribution is 14.0. The molecule has 0 aliphatic carbocycles. The van der Waals surface area contributed by atoms with Gasteiger partial charge in [0.05, 0.1) is 6.54 Å². The van der Waals surface area contributed by atoms with Crippen LogP contribution in [0.2, 0.25) is 0 Å². The molecule has 0 spiro atoms. The number of nitrogens with one attached hydrogen (secondary N) is 2. The van der Waals surface area contributed by atoms with Crippen molar-refractivity contribution in [1.82, 2.24) is 25.4 Å². The Morgan fingerprint density at radius 3 is 2.79 bits per heavy atom. The summed E-state index contributed by atoms with van der Waals surface area (Å²) in [6.07, 6.45) is 3.32. The number of hydrogen-bond acceptors (Lipinski definition) is 5. The summed E-state index contributed by atoms with van der Waals surface area (Å²) in [4.78, 5) is 4.62. The first-order valence-electron chi connectivity index (χ1n) is 9.63. The van der Waals surface area contributed by atoms with Crippen LogP contribution in [0.3, 0.4) is 0 Å². The summed E-state index contributed by atoms with van der Waals surface area (Å²) >= 11 is 0. The van der Waals surface area contributed by atoms with Gasteiger partial charge in [-0.15, -0.1) is 34.2 Å². The van der Waals surface area contributed by atoms with Crippen LogP contribution in [0.4, 0.5) is 0 Å². The zero-order chi connectivity index (χ0) is 19.4. The summed E-state index contributed by atoms with van der Waals surface area (Å²) in [5, 5.41) is 25.9. The lowest BCUT2D eigenvalue weighted by Crippen LogP contribution is -2.44. The predicted molar refractivity (Wildman–Crippen MR) is 119 cm³/mol. The number of aryl methyl sites for hydroxylation is 3. The van der Waals surface area contributed by atoms with Crippen molar-refractivity contribution in [3.8, 4) is 0 Å². The molecule has 1 aliphatic rings. The SMILES string of the molecule is CCNC(=NCc1nnc2n1CCCC2)NCC(C)(O)c1cc(C)oc1C.I. The third-order valence-electron chi connectivity index (χ3n) is 4.88. The quantitative estimate of drug-likeness (QED) is 0.319. The Labute approximate surface area is 183 Å². The van der Waals surface area contributed by atoms with Crippen LogP contribution >= 0.6 is 24.0 Å². The smallest absolute Gasteiger partial charge is 0.191 e. The predicted octanol–water partition coefficient (Wildman–Crippen LogP) is 2.41. The van der Waals surface area contributed by atoms with E-state index in [9.17, 15) is 5.11 Å². The number of fused-ring (bicyclic) bond motifs is 1. The summed E-state index contributed by atoms with van der Waals surface area (Å²) in [5.74, 6) is 4.10. The van der Waals surface area contributed by atoms with E-state index in [-0.39, 0.29) is 24.0 Å². The molecule has 0 saturated heterocycles. The molecule has 28 heavy (non-hydrogen) atoms. The van der Waals surface area contributed by atoms with E-state index in [1.165, 1.54) is 6.42 Å². The van der Waals surface area contributed by atoms with Gasteiger partial charge in [0.25, 0.3) is 0 Å². The molecule has 0 saturated carbocycles. The van der Waals surface area contributed by atoms with E-state index >= 15 is 0 Å². The fraction of sp³-hybridized carbons (Fsp3) is 0.632. The second-order valence-corrected chi connectivity index (χ2v) is 7.29. The third-order valence-corrected chi connectivity index (χ3v) is 4.88. The van der Waals surface area contributed by atoms with Crippen molar-refractivity contribution in [3.05, 3.63) is 34.8 Å². The Balaban J connectivity index is 0.00000280. The van der Waals surface area contributed by atoms with Gasteiger partial charge in [-0.25, -0.2) is 4.99 Å². The topological polar surface area (TPSA) is 100 Å². The zero-order valence-corrected chi connectivity index (χ0v) is 19.4. The average Bonchev–Trinajstić information content (AvgIpc) is 3.20. The number of guanidine groups is 1. The Morgan fingerprint density at radius 2 is 2.11 bits per heavy atom. The van der Waals surface area contributed by atoms with Crippen LogP contribution in [-0.4, -0.2) is 38.9 Å². The van der Waals surface area contributed by atoms with E-state index in [0.717, 1.165) is 54.7 Å². The van der Waals surface area contributed by atoms with Crippen molar-refractivity contribution in [2.24, 2.45) is 4.99 Å². The molecule has 2 aromatic rings. The van der Waals surface area contributed by atoms with E-state index in [1.54, 1.807) is 6.92 Å². The van der Waals surface area contributed by atoms with Crippen LogP contribution in [0.1, 0.15) is 55.4 Å². The molecule has 2 aromatic heterocycles. The number of furan rings is 1. The van der Waals surface area contributed by atoms with Gasteiger partial charge in [0.2, 0.25) is 0 Å². The zero-order valence-electron chi connectivity index (χ0n) is 17.1. The van der Waals surface area contributed by atoms with Crippen LogP contribution in [0.15, 0.2) is 15.5 Å². The molecule has 3 heterocycles.